The van der Waals surface area contributed by atoms with Gasteiger partial charge < -0.3 is 9.84 Å². The van der Waals surface area contributed by atoms with Gasteiger partial charge in [-0.3, -0.25) is 0 Å². The minimum atomic E-state index is -1.16. The van der Waals surface area contributed by atoms with Gasteiger partial charge in [-0.2, -0.15) is 5.10 Å². The molecule has 0 aliphatic heterocycles. The molecule has 1 heterocycles. The first-order chi connectivity index (χ1) is 9.47. The molecule has 0 spiro atoms. The summed E-state index contributed by atoms with van der Waals surface area (Å²) >= 11 is 5.76. The van der Waals surface area contributed by atoms with E-state index >= 15 is 0 Å². The highest BCUT2D eigenvalue weighted by atomic mass is 35.5. The number of carboxylic acids is 1. The first-order valence-corrected chi connectivity index (χ1v) is 6.54. The Kier molecular flexibility index (Phi) is 4.29. The highest BCUT2D eigenvalue weighted by Crippen LogP contribution is 2.19. The molecule has 0 saturated heterocycles. The SMILES string of the molecule is CC(C)c1ccc(OCn2cc(Cl)c(C(=O)O)n2)cc1. The van der Waals surface area contributed by atoms with Crippen molar-refractivity contribution in [2.24, 2.45) is 0 Å². The molecule has 2 rings (SSSR count). The number of rotatable bonds is 5. The zero-order valence-electron chi connectivity index (χ0n) is 11.2. The number of nitrogens with zero attached hydrogens (tertiary/aromatic N) is 2. The molecule has 1 N–H and O–H groups in total. The molecule has 1 aromatic carbocycles. The third kappa shape index (κ3) is 3.30. The van der Waals surface area contributed by atoms with Crippen LogP contribution >= 0.6 is 11.6 Å². The lowest BCUT2D eigenvalue weighted by Gasteiger charge is -2.08. The number of aromatic carboxylic acids is 1. The summed E-state index contributed by atoms with van der Waals surface area (Å²) in [4.78, 5) is 10.8. The van der Waals surface area contributed by atoms with E-state index < -0.39 is 5.97 Å². The molecule has 0 saturated carbocycles. The zero-order valence-corrected chi connectivity index (χ0v) is 12.0. The largest absolute Gasteiger partial charge is 0.476 e. The fourth-order valence-corrected chi connectivity index (χ4v) is 1.93. The van der Waals surface area contributed by atoms with Crippen LogP contribution in [0.3, 0.4) is 0 Å². The molecule has 0 amide bonds. The summed E-state index contributed by atoms with van der Waals surface area (Å²) in [5.74, 6) is 0.0000283. The number of carbonyl (C=O) groups is 1. The third-order valence-corrected chi connectivity index (χ3v) is 3.11. The molecule has 1 aromatic heterocycles. The van der Waals surface area contributed by atoms with Crippen molar-refractivity contribution in [3.8, 4) is 5.75 Å². The van der Waals surface area contributed by atoms with Crippen LogP contribution in [0.25, 0.3) is 0 Å². The summed E-state index contributed by atoms with van der Waals surface area (Å²) in [5, 5.41) is 12.8. The predicted molar refractivity (Wildman–Crippen MR) is 75.4 cm³/mol. The Hall–Kier alpha value is -2.01. The summed E-state index contributed by atoms with van der Waals surface area (Å²) in [6.07, 6.45) is 1.42. The molecule has 0 fully saturated rings. The maximum Gasteiger partial charge on any atom is 0.357 e. The predicted octanol–water partition coefficient (Wildman–Crippen LogP) is 3.39. The van der Waals surface area contributed by atoms with E-state index in [-0.39, 0.29) is 17.4 Å². The highest BCUT2D eigenvalue weighted by Gasteiger charge is 2.14. The van der Waals surface area contributed by atoms with Crippen LogP contribution in [0.1, 0.15) is 35.8 Å². The van der Waals surface area contributed by atoms with Crippen LogP contribution in [-0.4, -0.2) is 20.9 Å². The fraction of sp³-hybridized carbons (Fsp3) is 0.286. The van der Waals surface area contributed by atoms with Crippen molar-refractivity contribution >= 4 is 17.6 Å². The van der Waals surface area contributed by atoms with Crippen molar-refractivity contribution in [1.82, 2.24) is 9.78 Å². The van der Waals surface area contributed by atoms with Crippen molar-refractivity contribution < 1.29 is 14.6 Å². The minimum absolute atomic E-state index is 0.0938. The molecule has 0 atom stereocenters. The second-order valence-corrected chi connectivity index (χ2v) is 5.07. The third-order valence-electron chi connectivity index (χ3n) is 2.83. The fourth-order valence-electron chi connectivity index (χ4n) is 1.70. The van der Waals surface area contributed by atoms with Crippen LogP contribution < -0.4 is 4.74 Å². The van der Waals surface area contributed by atoms with Crippen molar-refractivity contribution in [1.29, 1.82) is 0 Å². The topological polar surface area (TPSA) is 64.3 Å². The number of aromatic nitrogens is 2. The summed E-state index contributed by atoms with van der Waals surface area (Å²) in [5.41, 5.74) is 1.05. The second kappa shape index (κ2) is 5.96. The monoisotopic (exact) mass is 294 g/mol. The lowest BCUT2D eigenvalue weighted by Crippen LogP contribution is -2.07. The van der Waals surface area contributed by atoms with E-state index in [0.29, 0.717) is 11.7 Å². The first-order valence-electron chi connectivity index (χ1n) is 6.16. The summed E-state index contributed by atoms with van der Waals surface area (Å²) in [6, 6.07) is 7.74. The molecule has 2 aromatic rings. The maximum atomic E-state index is 10.8. The van der Waals surface area contributed by atoms with Crippen LogP contribution in [0.2, 0.25) is 5.02 Å². The van der Waals surface area contributed by atoms with Crippen molar-refractivity contribution in [3.63, 3.8) is 0 Å². The van der Waals surface area contributed by atoms with Gasteiger partial charge in [0.2, 0.25) is 0 Å². The Morgan fingerprint density at radius 2 is 2.05 bits per heavy atom. The highest BCUT2D eigenvalue weighted by molar-refractivity contribution is 6.33. The Balaban J connectivity index is 2.01. The second-order valence-electron chi connectivity index (χ2n) is 4.67. The Morgan fingerprint density at radius 1 is 1.40 bits per heavy atom. The van der Waals surface area contributed by atoms with Crippen molar-refractivity contribution in [3.05, 3.63) is 46.7 Å². The molecule has 0 aliphatic carbocycles. The van der Waals surface area contributed by atoms with E-state index in [2.05, 4.69) is 18.9 Å². The van der Waals surface area contributed by atoms with Gasteiger partial charge in [0.05, 0.1) is 5.02 Å². The van der Waals surface area contributed by atoms with Gasteiger partial charge in [0.15, 0.2) is 12.4 Å². The van der Waals surface area contributed by atoms with E-state index in [1.807, 2.05) is 24.3 Å². The molecule has 106 valence electrons. The molecule has 0 radical (unpaired) electrons. The molecular weight excluding hydrogens is 280 g/mol. The van der Waals surface area contributed by atoms with E-state index in [9.17, 15) is 4.79 Å². The van der Waals surface area contributed by atoms with Gasteiger partial charge in [-0.25, -0.2) is 9.48 Å². The lowest BCUT2D eigenvalue weighted by atomic mass is 10.0. The van der Waals surface area contributed by atoms with Gasteiger partial charge in [-0.1, -0.05) is 37.6 Å². The van der Waals surface area contributed by atoms with Crippen LogP contribution in [0.4, 0.5) is 0 Å². The zero-order chi connectivity index (χ0) is 14.7. The normalized spacial score (nSPS) is 10.8. The van der Waals surface area contributed by atoms with Crippen LogP contribution in [0, 0.1) is 0 Å². The molecule has 20 heavy (non-hydrogen) atoms. The molecule has 6 heteroatoms. The van der Waals surface area contributed by atoms with Gasteiger partial charge in [-0.05, 0) is 23.6 Å². The Bertz CT molecular complexity index is 605. The van der Waals surface area contributed by atoms with Gasteiger partial charge in [-0.15, -0.1) is 0 Å². The summed E-state index contributed by atoms with van der Waals surface area (Å²) < 4.78 is 6.87. The van der Waals surface area contributed by atoms with Crippen LogP contribution in [0.15, 0.2) is 30.5 Å². The van der Waals surface area contributed by atoms with E-state index in [1.165, 1.54) is 16.4 Å². The van der Waals surface area contributed by atoms with Gasteiger partial charge >= 0.3 is 5.97 Å². The number of benzene rings is 1. The number of ether oxygens (including phenoxy) is 1. The molecule has 0 bridgehead atoms. The number of hydrogen-bond acceptors (Lipinski definition) is 3. The van der Waals surface area contributed by atoms with Gasteiger partial charge in [0, 0.05) is 6.20 Å². The minimum Gasteiger partial charge on any atom is -0.476 e. The van der Waals surface area contributed by atoms with Gasteiger partial charge in [0.1, 0.15) is 5.75 Å². The Labute approximate surface area is 121 Å². The number of halogens is 1. The quantitative estimate of drug-likeness (QED) is 0.918. The van der Waals surface area contributed by atoms with Crippen molar-refractivity contribution in [2.75, 3.05) is 0 Å². The smallest absolute Gasteiger partial charge is 0.357 e. The van der Waals surface area contributed by atoms with Crippen LogP contribution in [0.5, 0.6) is 5.75 Å². The molecule has 0 aliphatic rings. The standard InChI is InChI=1S/C14H15ClN2O3/c1-9(2)10-3-5-11(6-4-10)20-8-17-7-12(15)13(16-17)14(18)19/h3-7,9H,8H2,1-2H3,(H,18,19). The Morgan fingerprint density at radius 3 is 2.55 bits per heavy atom. The number of hydrogen-bond donors (Lipinski definition) is 1. The number of carboxylic acid groups (broad SMARTS) is 1. The summed E-state index contributed by atoms with van der Waals surface area (Å²) in [6.45, 7) is 4.35. The average molecular weight is 295 g/mol. The van der Waals surface area contributed by atoms with Crippen molar-refractivity contribution in [2.45, 2.75) is 26.5 Å². The molecular formula is C14H15ClN2O3. The van der Waals surface area contributed by atoms with E-state index in [4.69, 9.17) is 21.4 Å². The molecule has 0 unspecified atom stereocenters. The van der Waals surface area contributed by atoms with Crippen LogP contribution in [-0.2, 0) is 6.73 Å². The summed E-state index contributed by atoms with van der Waals surface area (Å²) in [7, 11) is 0. The first kappa shape index (κ1) is 14.4. The lowest BCUT2D eigenvalue weighted by molar-refractivity contribution is 0.0688. The van der Waals surface area contributed by atoms with Gasteiger partial charge in [0.25, 0.3) is 0 Å². The maximum absolute atomic E-state index is 10.8. The van der Waals surface area contributed by atoms with E-state index in [0.717, 1.165) is 0 Å². The molecule has 5 nitrogen and oxygen atoms in total. The average Bonchev–Trinajstić information content (AvgIpc) is 2.78. The van der Waals surface area contributed by atoms with E-state index in [1.54, 1.807) is 0 Å².